The average molecular weight is 452 g/mol. The highest BCUT2D eigenvalue weighted by atomic mass is 127. The van der Waals surface area contributed by atoms with Crippen molar-refractivity contribution < 1.29 is 8.42 Å². The normalized spacial score (nSPS) is 15.6. The van der Waals surface area contributed by atoms with Crippen LogP contribution in [-0.2, 0) is 10.0 Å². The number of benzene rings is 1. The van der Waals surface area contributed by atoms with Crippen LogP contribution in [0.5, 0.6) is 0 Å². The Kier molecular flexibility index (Phi) is 8.27. The highest BCUT2D eigenvalue weighted by molar-refractivity contribution is 14.0. The Balaban J connectivity index is 0.00000264. The van der Waals surface area contributed by atoms with Gasteiger partial charge in [0.1, 0.15) is 0 Å². The first-order valence-corrected chi connectivity index (χ1v) is 9.21. The number of nitrogens with zero attached hydrogens (tertiary/aromatic N) is 1. The third kappa shape index (κ3) is 7.49. The predicted octanol–water partition coefficient (Wildman–Crippen LogP) is 2.06. The van der Waals surface area contributed by atoms with Crippen molar-refractivity contribution in [2.24, 2.45) is 16.6 Å². The molecule has 1 aromatic carbocycles. The first kappa shape index (κ1) is 20.2. The van der Waals surface area contributed by atoms with Crippen LogP contribution >= 0.6 is 24.0 Å². The lowest BCUT2D eigenvalue weighted by Gasteiger charge is -2.25. The van der Waals surface area contributed by atoms with Gasteiger partial charge in [0.15, 0.2) is 5.96 Å². The zero-order chi connectivity index (χ0) is 16.0. The lowest BCUT2D eigenvalue weighted by atomic mass is 9.86. The summed E-state index contributed by atoms with van der Waals surface area (Å²) >= 11 is 0. The van der Waals surface area contributed by atoms with E-state index in [1.807, 2.05) is 31.2 Å². The Hall–Kier alpha value is -0.870. The molecule has 0 bridgehead atoms. The number of hydrogen-bond acceptors (Lipinski definition) is 3. The summed E-state index contributed by atoms with van der Waals surface area (Å²) in [6.45, 7) is 2.67. The fraction of sp³-hybridized carbons (Fsp3) is 0.533. The predicted molar refractivity (Wildman–Crippen MR) is 106 cm³/mol. The second-order valence-corrected chi connectivity index (χ2v) is 7.65. The number of nitrogens with two attached hydrogens (primary N) is 1. The monoisotopic (exact) mass is 452 g/mol. The minimum Gasteiger partial charge on any atom is -0.370 e. The molecule has 130 valence electrons. The summed E-state index contributed by atoms with van der Waals surface area (Å²) in [7, 11) is -3.27. The molecule has 1 aromatic rings. The Morgan fingerprint density at radius 3 is 2.74 bits per heavy atom. The number of guanidine groups is 1. The van der Waals surface area contributed by atoms with Crippen LogP contribution in [0.2, 0.25) is 0 Å². The maximum Gasteiger partial charge on any atom is 0.213 e. The number of nitrogens with one attached hydrogen (secondary N) is 2. The van der Waals surface area contributed by atoms with Crippen molar-refractivity contribution in [3.8, 4) is 0 Å². The molecular formula is C15H25IN4O2S. The number of aliphatic imine (C=N–C) groups is 1. The molecule has 0 radical (unpaired) electrons. The van der Waals surface area contributed by atoms with Gasteiger partial charge in [-0.25, -0.2) is 13.1 Å². The maximum absolute atomic E-state index is 11.8. The van der Waals surface area contributed by atoms with Crippen LogP contribution in [0.3, 0.4) is 0 Å². The molecule has 1 aliphatic rings. The van der Waals surface area contributed by atoms with Gasteiger partial charge in [-0.05, 0) is 43.4 Å². The molecule has 0 aliphatic heterocycles. The van der Waals surface area contributed by atoms with Crippen LogP contribution in [0.4, 0.5) is 5.69 Å². The standard InChI is InChI=1S/C15H24N4O2S.HI/c1-12-4-2-7-14(10-12)19-15(16)17-8-9-22(20,21)18-11-13-5-3-6-13;/h2,4,7,10,13,18H,3,5-6,8-9,11H2,1H3,(H3,16,17,19);1H. The zero-order valence-corrected chi connectivity index (χ0v) is 16.4. The summed E-state index contributed by atoms with van der Waals surface area (Å²) in [6.07, 6.45) is 3.44. The topological polar surface area (TPSA) is 96.6 Å². The quantitative estimate of drug-likeness (QED) is 0.335. The number of aryl methyl sites for hydroxylation is 1. The molecular weight excluding hydrogens is 427 g/mol. The van der Waals surface area contributed by atoms with E-state index in [0.29, 0.717) is 12.5 Å². The molecule has 0 heterocycles. The van der Waals surface area contributed by atoms with Crippen LogP contribution < -0.4 is 15.8 Å². The van der Waals surface area contributed by atoms with Crippen molar-refractivity contribution in [3.63, 3.8) is 0 Å². The van der Waals surface area contributed by atoms with E-state index in [1.54, 1.807) is 0 Å². The van der Waals surface area contributed by atoms with Crippen LogP contribution in [0.25, 0.3) is 0 Å². The summed E-state index contributed by atoms with van der Waals surface area (Å²) in [6, 6.07) is 7.73. The van der Waals surface area contributed by atoms with Gasteiger partial charge in [0.05, 0.1) is 12.3 Å². The second-order valence-electron chi connectivity index (χ2n) is 5.73. The van der Waals surface area contributed by atoms with Crippen LogP contribution in [0.1, 0.15) is 24.8 Å². The van der Waals surface area contributed by atoms with Crippen molar-refractivity contribution in [3.05, 3.63) is 29.8 Å². The van der Waals surface area contributed by atoms with Crippen LogP contribution in [0, 0.1) is 12.8 Å². The van der Waals surface area contributed by atoms with Crippen LogP contribution in [-0.4, -0.2) is 33.2 Å². The number of rotatable bonds is 7. The Morgan fingerprint density at radius 1 is 1.39 bits per heavy atom. The van der Waals surface area contributed by atoms with Crippen molar-refractivity contribution in [1.82, 2.24) is 4.72 Å². The lowest BCUT2D eigenvalue weighted by molar-refractivity contribution is 0.316. The molecule has 6 nitrogen and oxygen atoms in total. The van der Waals surface area contributed by atoms with Crippen molar-refractivity contribution >= 4 is 45.6 Å². The van der Waals surface area contributed by atoms with Crippen molar-refractivity contribution in [1.29, 1.82) is 0 Å². The van der Waals surface area contributed by atoms with E-state index in [0.717, 1.165) is 24.1 Å². The molecule has 0 saturated heterocycles. The average Bonchev–Trinajstić information content (AvgIpc) is 2.36. The second kappa shape index (κ2) is 9.43. The van der Waals surface area contributed by atoms with Crippen molar-refractivity contribution in [2.75, 3.05) is 24.2 Å². The van der Waals surface area contributed by atoms with E-state index in [4.69, 9.17) is 5.73 Å². The summed E-state index contributed by atoms with van der Waals surface area (Å²) in [5.74, 6) is 0.682. The van der Waals surface area contributed by atoms with Crippen molar-refractivity contribution in [2.45, 2.75) is 26.2 Å². The molecule has 2 rings (SSSR count). The minimum absolute atomic E-state index is 0. The molecule has 0 amide bonds. The molecule has 1 fully saturated rings. The molecule has 8 heteroatoms. The third-order valence-corrected chi connectivity index (χ3v) is 5.08. The van der Waals surface area contributed by atoms with E-state index in [9.17, 15) is 8.42 Å². The molecule has 0 aromatic heterocycles. The summed E-state index contributed by atoms with van der Waals surface area (Å²) < 4.78 is 26.3. The molecule has 0 spiro atoms. The Bertz CT molecular complexity index is 630. The van der Waals surface area contributed by atoms with Gasteiger partial charge in [-0.2, -0.15) is 0 Å². The minimum atomic E-state index is -3.27. The van der Waals surface area contributed by atoms with Gasteiger partial charge in [0, 0.05) is 12.2 Å². The first-order chi connectivity index (χ1) is 10.4. The maximum atomic E-state index is 11.8. The van der Waals surface area contributed by atoms with Crippen LogP contribution in [0.15, 0.2) is 29.3 Å². The highest BCUT2D eigenvalue weighted by Crippen LogP contribution is 2.25. The number of anilines is 1. The summed E-state index contributed by atoms with van der Waals surface area (Å²) in [5.41, 5.74) is 7.71. The van der Waals surface area contributed by atoms with E-state index in [1.165, 1.54) is 6.42 Å². The van der Waals surface area contributed by atoms with E-state index >= 15 is 0 Å². The third-order valence-electron chi connectivity index (χ3n) is 3.75. The highest BCUT2D eigenvalue weighted by Gasteiger charge is 2.19. The van der Waals surface area contributed by atoms with Gasteiger partial charge in [-0.1, -0.05) is 18.6 Å². The van der Waals surface area contributed by atoms with Gasteiger partial charge in [-0.15, -0.1) is 24.0 Å². The molecule has 4 N–H and O–H groups in total. The molecule has 1 saturated carbocycles. The molecule has 0 atom stereocenters. The lowest BCUT2D eigenvalue weighted by Crippen LogP contribution is -2.34. The van der Waals surface area contributed by atoms with Gasteiger partial charge >= 0.3 is 0 Å². The summed E-state index contributed by atoms with van der Waals surface area (Å²) in [5, 5.41) is 2.95. The first-order valence-electron chi connectivity index (χ1n) is 7.55. The number of hydrogen-bond donors (Lipinski definition) is 3. The Morgan fingerprint density at radius 2 is 2.13 bits per heavy atom. The van der Waals surface area contributed by atoms with Gasteiger partial charge < -0.3 is 11.1 Å². The number of sulfonamides is 1. The smallest absolute Gasteiger partial charge is 0.213 e. The number of halogens is 1. The fourth-order valence-corrected chi connectivity index (χ4v) is 3.18. The summed E-state index contributed by atoms with van der Waals surface area (Å²) in [4.78, 5) is 4.06. The fourth-order valence-electron chi connectivity index (χ4n) is 2.21. The SMILES string of the molecule is Cc1cccc(NC(N)=NCCS(=O)(=O)NCC2CCC2)c1.I. The van der Waals surface area contributed by atoms with Gasteiger partial charge in [-0.3, -0.25) is 4.99 Å². The molecule has 1 aliphatic carbocycles. The largest absolute Gasteiger partial charge is 0.370 e. The van der Waals surface area contributed by atoms with E-state index in [-0.39, 0.29) is 42.2 Å². The van der Waals surface area contributed by atoms with E-state index < -0.39 is 10.0 Å². The van der Waals surface area contributed by atoms with E-state index in [2.05, 4.69) is 15.0 Å². The molecule has 23 heavy (non-hydrogen) atoms. The Labute approximate surface area is 155 Å². The van der Waals surface area contributed by atoms with Gasteiger partial charge in [0.2, 0.25) is 10.0 Å². The molecule has 0 unspecified atom stereocenters. The zero-order valence-electron chi connectivity index (χ0n) is 13.3. The van der Waals surface area contributed by atoms with Gasteiger partial charge in [0.25, 0.3) is 0 Å².